The van der Waals surface area contributed by atoms with E-state index in [0.29, 0.717) is 6.54 Å². The zero-order valence-electron chi connectivity index (χ0n) is 10.5. The van der Waals surface area contributed by atoms with Crippen molar-refractivity contribution < 1.29 is 9.53 Å². The number of methoxy groups -OCH3 is 1. The van der Waals surface area contributed by atoms with Crippen molar-refractivity contribution in [2.45, 2.75) is 30.2 Å². The molecule has 1 fully saturated rings. The maximum Gasteiger partial charge on any atom is 0.242 e. The van der Waals surface area contributed by atoms with Crippen molar-refractivity contribution in [3.05, 3.63) is 35.9 Å². The Morgan fingerprint density at radius 1 is 1.44 bits per heavy atom. The molecule has 0 aliphatic heterocycles. The molecule has 1 aliphatic carbocycles. The molecule has 2 rings (SSSR count). The molecule has 0 saturated heterocycles. The number of carbonyl (C=O) groups excluding carboxylic acids is 1. The van der Waals surface area contributed by atoms with E-state index in [4.69, 9.17) is 16.3 Å². The van der Waals surface area contributed by atoms with Crippen LogP contribution in [0.5, 0.6) is 0 Å². The molecular weight excluding hydrogens is 250 g/mol. The molecule has 0 heterocycles. The lowest BCUT2D eigenvalue weighted by Gasteiger charge is -2.40. The Bertz CT molecular complexity index is 398. The van der Waals surface area contributed by atoms with E-state index in [1.165, 1.54) is 0 Å². The Labute approximate surface area is 112 Å². The van der Waals surface area contributed by atoms with Crippen LogP contribution in [0.25, 0.3) is 0 Å². The van der Waals surface area contributed by atoms with Crippen LogP contribution in [0, 0.1) is 0 Å². The van der Waals surface area contributed by atoms with Crippen LogP contribution in [0.2, 0.25) is 0 Å². The maximum absolute atomic E-state index is 11.9. The second kappa shape index (κ2) is 5.72. The van der Waals surface area contributed by atoms with Gasteiger partial charge in [0.15, 0.2) is 0 Å². The fraction of sp³-hybridized carbons (Fsp3) is 0.500. The lowest BCUT2D eigenvalue weighted by Crippen LogP contribution is -2.49. The van der Waals surface area contributed by atoms with E-state index in [0.717, 1.165) is 24.8 Å². The van der Waals surface area contributed by atoms with Crippen LogP contribution in [0.4, 0.5) is 0 Å². The number of nitrogens with one attached hydrogen (secondary N) is 1. The van der Waals surface area contributed by atoms with Crippen LogP contribution < -0.4 is 5.32 Å². The zero-order valence-corrected chi connectivity index (χ0v) is 11.2. The van der Waals surface area contributed by atoms with Gasteiger partial charge in [0.1, 0.15) is 5.38 Å². The summed E-state index contributed by atoms with van der Waals surface area (Å²) in [6.07, 6.45) is 3.16. The van der Waals surface area contributed by atoms with Crippen LogP contribution >= 0.6 is 11.6 Å². The molecule has 3 nitrogen and oxygen atoms in total. The van der Waals surface area contributed by atoms with E-state index in [1.807, 2.05) is 30.3 Å². The first-order valence-electron chi connectivity index (χ1n) is 6.19. The van der Waals surface area contributed by atoms with Crippen molar-refractivity contribution in [3.8, 4) is 0 Å². The zero-order chi connectivity index (χ0) is 13.0. The van der Waals surface area contributed by atoms with Crippen LogP contribution in [-0.4, -0.2) is 25.2 Å². The SMILES string of the molecule is COC1(CNC(=O)C(Cl)c2ccccc2)CCC1. The number of ether oxygens (including phenoxy) is 1. The number of carbonyl (C=O) groups is 1. The number of hydrogen-bond donors (Lipinski definition) is 1. The molecule has 1 aromatic rings. The smallest absolute Gasteiger partial charge is 0.242 e. The Hall–Kier alpha value is -1.06. The molecule has 18 heavy (non-hydrogen) atoms. The second-order valence-corrected chi connectivity index (χ2v) is 5.17. The van der Waals surface area contributed by atoms with E-state index in [1.54, 1.807) is 7.11 Å². The fourth-order valence-electron chi connectivity index (χ4n) is 2.14. The molecule has 1 aliphatic rings. The molecule has 1 saturated carbocycles. The monoisotopic (exact) mass is 267 g/mol. The quantitative estimate of drug-likeness (QED) is 0.833. The van der Waals surface area contributed by atoms with Crippen LogP contribution in [-0.2, 0) is 9.53 Å². The molecule has 0 bridgehead atoms. The van der Waals surface area contributed by atoms with Crippen molar-refractivity contribution in [1.29, 1.82) is 0 Å². The van der Waals surface area contributed by atoms with E-state index >= 15 is 0 Å². The summed E-state index contributed by atoms with van der Waals surface area (Å²) in [4.78, 5) is 11.9. The maximum atomic E-state index is 11.9. The van der Waals surface area contributed by atoms with E-state index in [9.17, 15) is 4.79 Å². The van der Waals surface area contributed by atoms with Crippen molar-refractivity contribution in [3.63, 3.8) is 0 Å². The predicted molar refractivity (Wildman–Crippen MR) is 71.6 cm³/mol. The van der Waals surface area contributed by atoms with Gasteiger partial charge in [-0.25, -0.2) is 0 Å². The van der Waals surface area contributed by atoms with Gasteiger partial charge in [-0.05, 0) is 24.8 Å². The summed E-state index contributed by atoms with van der Waals surface area (Å²) in [7, 11) is 1.70. The topological polar surface area (TPSA) is 38.3 Å². The van der Waals surface area contributed by atoms with E-state index < -0.39 is 5.38 Å². The molecule has 1 N–H and O–H groups in total. The molecule has 0 aromatic heterocycles. The molecular formula is C14H18ClNO2. The third-order valence-corrected chi connectivity index (χ3v) is 4.06. The minimum absolute atomic E-state index is 0.161. The summed E-state index contributed by atoms with van der Waals surface area (Å²) in [5.41, 5.74) is 0.653. The second-order valence-electron chi connectivity index (χ2n) is 4.73. The van der Waals surface area contributed by atoms with Crippen molar-refractivity contribution >= 4 is 17.5 Å². The number of halogens is 1. The van der Waals surface area contributed by atoms with Crippen molar-refractivity contribution in [2.24, 2.45) is 0 Å². The number of alkyl halides is 1. The van der Waals surface area contributed by atoms with Gasteiger partial charge in [-0.3, -0.25) is 4.79 Å². The van der Waals surface area contributed by atoms with Gasteiger partial charge in [-0.1, -0.05) is 30.3 Å². The molecule has 4 heteroatoms. The van der Waals surface area contributed by atoms with Crippen molar-refractivity contribution in [2.75, 3.05) is 13.7 Å². The molecule has 1 aromatic carbocycles. The summed E-state index contributed by atoms with van der Waals surface area (Å²) >= 11 is 6.14. The largest absolute Gasteiger partial charge is 0.376 e. The highest BCUT2D eigenvalue weighted by atomic mass is 35.5. The van der Waals surface area contributed by atoms with Gasteiger partial charge in [0.2, 0.25) is 5.91 Å². The number of hydrogen-bond acceptors (Lipinski definition) is 2. The van der Waals surface area contributed by atoms with Gasteiger partial charge in [-0.2, -0.15) is 0 Å². The highest BCUT2D eigenvalue weighted by molar-refractivity contribution is 6.30. The standard InChI is InChI=1S/C14H18ClNO2/c1-18-14(8-5-9-14)10-16-13(17)12(15)11-6-3-2-4-7-11/h2-4,6-7,12H,5,8-10H2,1H3,(H,16,17). The first-order chi connectivity index (χ1) is 8.67. The third kappa shape index (κ3) is 2.85. The summed E-state index contributed by atoms with van der Waals surface area (Å²) in [6.45, 7) is 0.540. The highest BCUT2D eigenvalue weighted by Gasteiger charge is 2.37. The molecule has 0 spiro atoms. The lowest BCUT2D eigenvalue weighted by atomic mass is 9.80. The van der Waals surface area contributed by atoms with Gasteiger partial charge in [-0.15, -0.1) is 11.6 Å². The average Bonchev–Trinajstić information content (AvgIpc) is 2.38. The molecule has 1 amide bonds. The molecule has 1 unspecified atom stereocenters. The minimum Gasteiger partial charge on any atom is -0.376 e. The number of amides is 1. The Morgan fingerprint density at radius 3 is 2.61 bits per heavy atom. The lowest BCUT2D eigenvalue weighted by molar-refractivity contribution is -0.124. The fourth-order valence-corrected chi connectivity index (χ4v) is 2.36. The molecule has 0 radical (unpaired) electrons. The van der Waals surface area contributed by atoms with Crippen molar-refractivity contribution in [1.82, 2.24) is 5.32 Å². The van der Waals surface area contributed by atoms with Gasteiger partial charge in [0.05, 0.1) is 5.60 Å². The van der Waals surface area contributed by atoms with Gasteiger partial charge in [0, 0.05) is 13.7 Å². The Morgan fingerprint density at radius 2 is 2.11 bits per heavy atom. The summed E-state index contributed by atoms with van der Waals surface area (Å²) < 4.78 is 5.45. The Kier molecular flexibility index (Phi) is 4.25. The van der Waals surface area contributed by atoms with E-state index in [-0.39, 0.29) is 11.5 Å². The summed E-state index contributed by atoms with van der Waals surface area (Å²) in [6, 6.07) is 9.36. The van der Waals surface area contributed by atoms with Crippen LogP contribution in [0.15, 0.2) is 30.3 Å². The van der Waals surface area contributed by atoms with Gasteiger partial charge in [0.25, 0.3) is 0 Å². The third-order valence-electron chi connectivity index (χ3n) is 3.61. The van der Waals surface area contributed by atoms with E-state index in [2.05, 4.69) is 5.32 Å². The summed E-state index contributed by atoms with van der Waals surface area (Å²) in [5, 5.41) is 2.24. The van der Waals surface area contributed by atoms with Crippen LogP contribution in [0.3, 0.4) is 0 Å². The number of rotatable bonds is 5. The molecule has 98 valence electrons. The first kappa shape index (κ1) is 13.4. The molecule has 1 atom stereocenters. The van der Waals surface area contributed by atoms with Gasteiger partial charge < -0.3 is 10.1 Å². The van der Waals surface area contributed by atoms with Gasteiger partial charge >= 0.3 is 0 Å². The Balaban J connectivity index is 1.88. The highest BCUT2D eigenvalue weighted by Crippen LogP contribution is 2.34. The summed E-state index contributed by atoms with van der Waals surface area (Å²) in [5.74, 6) is -0.161. The average molecular weight is 268 g/mol. The minimum atomic E-state index is -0.639. The first-order valence-corrected chi connectivity index (χ1v) is 6.62. The van der Waals surface area contributed by atoms with Crippen LogP contribution in [0.1, 0.15) is 30.2 Å². The normalized spacial score (nSPS) is 18.8. The predicted octanol–water partition coefficient (Wildman–Crippen LogP) is 2.65. The number of benzene rings is 1.